The third kappa shape index (κ3) is 4.80. The monoisotopic (exact) mass is 466 g/mol. The van der Waals surface area contributed by atoms with Gasteiger partial charge in [0.25, 0.3) is 11.8 Å². The molecule has 8 heteroatoms. The molecule has 0 fully saturated rings. The first-order chi connectivity index (χ1) is 16.3. The topological polar surface area (TPSA) is 58.6 Å². The van der Waals surface area contributed by atoms with Gasteiger partial charge in [0.15, 0.2) is 0 Å². The van der Waals surface area contributed by atoms with Crippen LogP contribution in [0.25, 0.3) is 5.57 Å². The van der Waals surface area contributed by atoms with Gasteiger partial charge in [-0.3, -0.25) is 14.5 Å². The molecule has 0 saturated carbocycles. The van der Waals surface area contributed by atoms with E-state index in [4.69, 9.17) is 4.74 Å². The Balaban J connectivity index is 1.67. The van der Waals surface area contributed by atoms with Gasteiger partial charge >= 0.3 is 6.18 Å². The molecule has 0 saturated heterocycles. The molecule has 0 aliphatic carbocycles. The predicted octanol–water partition coefficient (Wildman–Crippen LogP) is 5.50. The molecule has 0 unspecified atom stereocenters. The van der Waals surface area contributed by atoms with E-state index in [9.17, 15) is 22.8 Å². The van der Waals surface area contributed by atoms with E-state index in [-0.39, 0.29) is 23.4 Å². The fourth-order valence-corrected chi connectivity index (χ4v) is 3.68. The normalized spacial score (nSPS) is 14.1. The molecule has 4 rings (SSSR count). The molecule has 5 nitrogen and oxygen atoms in total. The molecule has 1 heterocycles. The predicted molar refractivity (Wildman–Crippen MR) is 122 cm³/mol. The van der Waals surface area contributed by atoms with Crippen molar-refractivity contribution in [2.75, 3.05) is 11.9 Å². The number of ether oxygens (including phenoxy) is 1. The van der Waals surface area contributed by atoms with Crippen molar-refractivity contribution >= 4 is 23.1 Å². The van der Waals surface area contributed by atoms with Crippen molar-refractivity contribution in [2.45, 2.75) is 19.6 Å². The lowest BCUT2D eigenvalue weighted by Crippen LogP contribution is -2.32. The zero-order valence-corrected chi connectivity index (χ0v) is 18.2. The van der Waals surface area contributed by atoms with Crippen LogP contribution in [0.4, 0.5) is 18.9 Å². The van der Waals surface area contributed by atoms with E-state index >= 15 is 0 Å². The van der Waals surface area contributed by atoms with Crippen molar-refractivity contribution in [2.24, 2.45) is 0 Å². The Kier molecular flexibility index (Phi) is 6.40. The summed E-state index contributed by atoms with van der Waals surface area (Å²) in [5.74, 6) is -0.539. The molecular formula is C26H21F3N2O3. The summed E-state index contributed by atoms with van der Waals surface area (Å²) in [4.78, 5) is 27.6. The van der Waals surface area contributed by atoms with E-state index < -0.39 is 23.6 Å². The Bertz CT molecular complexity index is 1240. The largest absolute Gasteiger partial charge is 0.494 e. The van der Waals surface area contributed by atoms with Crippen LogP contribution >= 0.6 is 0 Å². The summed E-state index contributed by atoms with van der Waals surface area (Å²) in [6.07, 6.45) is -4.52. The molecule has 1 aliphatic heterocycles. The zero-order valence-electron chi connectivity index (χ0n) is 18.2. The summed E-state index contributed by atoms with van der Waals surface area (Å²) in [7, 11) is 0. The number of benzene rings is 3. The van der Waals surface area contributed by atoms with Crippen LogP contribution in [0, 0.1) is 0 Å². The minimum absolute atomic E-state index is 0.0623. The maximum Gasteiger partial charge on any atom is 0.416 e. The smallest absolute Gasteiger partial charge is 0.416 e. The van der Waals surface area contributed by atoms with E-state index in [0.29, 0.717) is 23.6 Å². The Morgan fingerprint density at radius 1 is 0.882 bits per heavy atom. The van der Waals surface area contributed by atoms with Crippen LogP contribution in [-0.2, 0) is 22.3 Å². The molecule has 2 amide bonds. The van der Waals surface area contributed by atoms with Gasteiger partial charge in [-0.05, 0) is 54.4 Å². The number of nitrogens with one attached hydrogen (secondary N) is 1. The van der Waals surface area contributed by atoms with E-state index in [1.54, 1.807) is 54.6 Å². The first-order valence-corrected chi connectivity index (χ1v) is 10.6. The summed E-state index contributed by atoms with van der Waals surface area (Å²) in [6.45, 7) is 2.09. The third-order valence-electron chi connectivity index (χ3n) is 5.26. The number of amides is 2. The van der Waals surface area contributed by atoms with Crippen LogP contribution in [0.15, 0.2) is 84.6 Å². The van der Waals surface area contributed by atoms with E-state index in [1.165, 1.54) is 12.1 Å². The second kappa shape index (κ2) is 9.43. The first kappa shape index (κ1) is 23.1. The SMILES string of the molecule is CCOc1ccc(NC2=C(c3ccccc3)C(=O)N(Cc3cccc(C(F)(F)F)c3)C2=O)cc1. The van der Waals surface area contributed by atoms with Crippen LogP contribution in [0.5, 0.6) is 5.75 Å². The maximum atomic E-state index is 13.3. The second-order valence-electron chi connectivity index (χ2n) is 7.59. The van der Waals surface area contributed by atoms with Crippen LogP contribution in [0.1, 0.15) is 23.6 Å². The van der Waals surface area contributed by atoms with Gasteiger partial charge < -0.3 is 10.1 Å². The molecular weight excluding hydrogens is 445 g/mol. The zero-order chi connectivity index (χ0) is 24.3. The molecule has 0 aromatic heterocycles. The third-order valence-corrected chi connectivity index (χ3v) is 5.26. The van der Waals surface area contributed by atoms with Gasteiger partial charge in [0.2, 0.25) is 0 Å². The molecule has 0 atom stereocenters. The van der Waals surface area contributed by atoms with Crippen molar-refractivity contribution in [1.29, 1.82) is 0 Å². The molecule has 3 aromatic carbocycles. The van der Waals surface area contributed by atoms with Gasteiger partial charge in [0.05, 0.1) is 24.3 Å². The lowest BCUT2D eigenvalue weighted by molar-refractivity contribution is -0.137. The minimum Gasteiger partial charge on any atom is -0.494 e. The molecule has 174 valence electrons. The number of hydrogen-bond acceptors (Lipinski definition) is 4. The summed E-state index contributed by atoms with van der Waals surface area (Å²) in [6, 6.07) is 20.2. The number of carbonyl (C=O) groups is 2. The number of carbonyl (C=O) groups excluding carboxylic acids is 2. The summed E-state index contributed by atoms with van der Waals surface area (Å²) >= 11 is 0. The summed E-state index contributed by atoms with van der Waals surface area (Å²) in [5, 5.41) is 3.02. The van der Waals surface area contributed by atoms with Crippen LogP contribution in [-0.4, -0.2) is 23.3 Å². The number of anilines is 1. The molecule has 1 aliphatic rings. The number of alkyl halides is 3. The van der Waals surface area contributed by atoms with Crippen molar-refractivity contribution in [3.63, 3.8) is 0 Å². The van der Waals surface area contributed by atoms with Crippen molar-refractivity contribution in [1.82, 2.24) is 4.90 Å². The lowest BCUT2D eigenvalue weighted by Gasteiger charge is -2.16. The highest BCUT2D eigenvalue weighted by atomic mass is 19.4. The van der Waals surface area contributed by atoms with Gasteiger partial charge in [-0.1, -0.05) is 42.5 Å². The quantitative estimate of drug-likeness (QED) is 0.468. The Morgan fingerprint density at radius 2 is 1.59 bits per heavy atom. The standard InChI is InChI=1S/C26H21F3N2O3/c1-2-34-21-13-11-20(12-14-21)30-23-22(18-8-4-3-5-9-18)24(32)31(25(23)33)16-17-7-6-10-19(15-17)26(27,28)29/h3-15,30H,2,16H2,1H3. The maximum absolute atomic E-state index is 13.3. The number of nitrogens with zero attached hydrogens (tertiary/aromatic N) is 1. The van der Waals surface area contributed by atoms with Crippen LogP contribution in [0.2, 0.25) is 0 Å². The Hall–Kier alpha value is -4.07. The highest BCUT2D eigenvalue weighted by molar-refractivity contribution is 6.36. The van der Waals surface area contributed by atoms with E-state index in [2.05, 4.69) is 5.32 Å². The average Bonchev–Trinajstić information content (AvgIpc) is 3.05. The second-order valence-corrected chi connectivity index (χ2v) is 7.59. The molecule has 0 spiro atoms. The fourth-order valence-electron chi connectivity index (χ4n) is 3.68. The van der Waals surface area contributed by atoms with Gasteiger partial charge in [0.1, 0.15) is 11.4 Å². The van der Waals surface area contributed by atoms with E-state index in [1.807, 2.05) is 6.92 Å². The van der Waals surface area contributed by atoms with Crippen molar-refractivity contribution in [3.05, 3.63) is 101 Å². The van der Waals surface area contributed by atoms with Crippen LogP contribution < -0.4 is 10.1 Å². The number of halogens is 3. The lowest BCUT2D eigenvalue weighted by atomic mass is 10.0. The molecule has 3 aromatic rings. The Morgan fingerprint density at radius 3 is 2.24 bits per heavy atom. The number of imide groups is 1. The highest BCUT2D eigenvalue weighted by Crippen LogP contribution is 2.33. The van der Waals surface area contributed by atoms with Gasteiger partial charge in [-0.2, -0.15) is 13.2 Å². The van der Waals surface area contributed by atoms with E-state index in [0.717, 1.165) is 17.0 Å². The van der Waals surface area contributed by atoms with Gasteiger partial charge in [-0.25, -0.2) is 0 Å². The molecule has 0 bridgehead atoms. The van der Waals surface area contributed by atoms with Gasteiger partial charge in [0, 0.05) is 5.69 Å². The number of hydrogen-bond donors (Lipinski definition) is 1. The van der Waals surface area contributed by atoms with Crippen LogP contribution in [0.3, 0.4) is 0 Å². The van der Waals surface area contributed by atoms with Gasteiger partial charge in [-0.15, -0.1) is 0 Å². The minimum atomic E-state index is -4.52. The molecule has 34 heavy (non-hydrogen) atoms. The Labute approximate surface area is 194 Å². The summed E-state index contributed by atoms with van der Waals surface area (Å²) in [5.41, 5.74) is 0.674. The van der Waals surface area contributed by atoms with Crippen molar-refractivity contribution < 1.29 is 27.5 Å². The molecule has 1 N–H and O–H groups in total. The summed E-state index contributed by atoms with van der Waals surface area (Å²) < 4.78 is 44.8. The fraction of sp³-hybridized carbons (Fsp3) is 0.154. The highest BCUT2D eigenvalue weighted by Gasteiger charge is 2.39. The average molecular weight is 466 g/mol. The van der Waals surface area contributed by atoms with Crippen molar-refractivity contribution in [3.8, 4) is 5.75 Å². The number of rotatable bonds is 7. The molecule has 0 radical (unpaired) electrons. The first-order valence-electron chi connectivity index (χ1n) is 10.6.